The van der Waals surface area contributed by atoms with Gasteiger partial charge in [0.1, 0.15) is 0 Å². The van der Waals surface area contributed by atoms with Crippen LogP contribution in [0.3, 0.4) is 0 Å². The van der Waals surface area contributed by atoms with E-state index < -0.39 is 10.0 Å². The number of nitriles is 1. The first-order valence-corrected chi connectivity index (χ1v) is 8.45. The molecule has 0 amide bonds. The van der Waals surface area contributed by atoms with Gasteiger partial charge in [-0.25, -0.2) is 13.1 Å². The van der Waals surface area contributed by atoms with Crippen molar-refractivity contribution in [1.82, 2.24) is 14.9 Å². The predicted octanol–water partition coefficient (Wildman–Crippen LogP) is 0.0502. The molecule has 1 aromatic carbocycles. The summed E-state index contributed by atoms with van der Waals surface area (Å²) in [5, 5.41) is 12.1. The average molecular weight is 308 g/mol. The van der Waals surface area contributed by atoms with Crippen LogP contribution in [0.4, 0.5) is 0 Å². The summed E-state index contributed by atoms with van der Waals surface area (Å²) in [4.78, 5) is 2.46. The van der Waals surface area contributed by atoms with E-state index >= 15 is 0 Å². The van der Waals surface area contributed by atoms with Crippen molar-refractivity contribution in [2.45, 2.75) is 11.8 Å². The maximum atomic E-state index is 12.3. The number of rotatable bonds is 5. The second-order valence-electron chi connectivity index (χ2n) is 5.08. The molecule has 1 aliphatic rings. The molecule has 0 atom stereocenters. The van der Waals surface area contributed by atoms with E-state index in [2.05, 4.69) is 14.9 Å². The van der Waals surface area contributed by atoms with E-state index in [9.17, 15) is 8.42 Å². The van der Waals surface area contributed by atoms with Gasteiger partial charge in [-0.15, -0.1) is 0 Å². The Morgan fingerprint density at radius 3 is 2.71 bits per heavy atom. The van der Waals surface area contributed by atoms with Gasteiger partial charge in [0.2, 0.25) is 10.0 Å². The number of nitrogens with one attached hydrogen (secondary N) is 2. The fourth-order valence-electron chi connectivity index (χ4n) is 2.37. The molecule has 2 N–H and O–H groups in total. The normalized spacial score (nSPS) is 16.6. The van der Waals surface area contributed by atoms with Crippen molar-refractivity contribution in [2.75, 3.05) is 39.3 Å². The van der Waals surface area contributed by atoms with Crippen molar-refractivity contribution in [3.8, 4) is 6.07 Å². The van der Waals surface area contributed by atoms with Crippen LogP contribution in [-0.2, 0) is 10.0 Å². The first-order chi connectivity index (χ1) is 10.0. The molecule has 2 rings (SSSR count). The van der Waals surface area contributed by atoms with E-state index in [1.807, 2.05) is 6.07 Å². The summed E-state index contributed by atoms with van der Waals surface area (Å²) in [6, 6.07) is 6.61. The molecule has 0 radical (unpaired) electrons. The first-order valence-electron chi connectivity index (χ1n) is 6.96. The summed E-state index contributed by atoms with van der Waals surface area (Å²) in [6.45, 7) is 6.57. The van der Waals surface area contributed by atoms with Crippen molar-refractivity contribution in [1.29, 1.82) is 5.26 Å². The molecule has 21 heavy (non-hydrogen) atoms. The number of piperazine rings is 1. The number of aryl methyl sites for hydroxylation is 1. The minimum absolute atomic E-state index is 0.238. The molecule has 1 heterocycles. The Balaban J connectivity index is 1.96. The third-order valence-electron chi connectivity index (χ3n) is 3.52. The molecule has 1 aromatic rings. The van der Waals surface area contributed by atoms with Crippen LogP contribution < -0.4 is 10.0 Å². The van der Waals surface area contributed by atoms with E-state index in [1.54, 1.807) is 13.0 Å². The van der Waals surface area contributed by atoms with E-state index in [-0.39, 0.29) is 4.90 Å². The van der Waals surface area contributed by atoms with Gasteiger partial charge < -0.3 is 5.32 Å². The zero-order valence-corrected chi connectivity index (χ0v) is 12.9. The first kappa shape index (κ1) is 15.9. The second kappa shape index (κ2) is 7.00. The van der Waals surface area contributed by atoms with Crippen molar-refractivity contribution in [2.24, 2.45) is 0 Å². The van der Waals surface area contributed by atoms with E-state index in [1.165, 1.54) is 12.1 Å². The van der Waals surface area contributed by atoms with Crippen molar-refractivity contribution < 1.29 is 8.42 Å². The maximum Gasteiger partial charge on any atom is 0.240 e. The molecule has 6 nitrogen and oxygen atoms in total. The van der Waals surface area contributed by atoms with Gasteiger partial charge in [-0.3, -0.25) is 4.90 Å². The van der Waals surface area contributed by atoms with Gasteiger partial charge in [-0.1, -0.05) is 0 Å². The Kier molecular flexibility index (Phi) is 5.31. The largest absolute Gasteiger partial charge is 0.314 e. The summed E-state index contributed by atoms with van der Waals surface area (Å²) in [6.07, 6.45) is 0. The van der Waals surface area contributed by atoms with Gasteiger partial charge >= 0.3 is 0 Å². The van der Waals surface area contributed by atoms with Crippen LogP contribution in [0.1, 0.15) is 11.1 Å². The molecular weight excluding hydrogens is 288 g/mol. The lowest BCUT2D eigenvalue weighted by Crippen LogP contribution is -2.46. The summed E-state index contributed by atoms with van der Waals surface area (Å²) < 4.78 is 27.2. The molecule has 7 heteroatoms. The third kappa shape index (κ3) is 4.25. The zero-order valence-electron chi connectivity index (χ0n) is 12.1. The molecule has 1 saturated heterocycles. The zero-order chi connectivity index (χ0) is 15.3. The minimum Gasteiger partial charge on any atom is -0.314 e. The highest BCUT2D eigenvalue weighted by molar-refractivity contribution is 7.89. The van der Waals surface area contributed by atoms with Crippen molar-refractivity contribution >= 4 is 10.0 Å². The Labute approximate surface area is 125 Å². The lowest BCUT2D eigenvalue weighted by Gasteiger charge is -2.27. The SMILES string of the molecule is Cc1cc(C#N)ccc1S(=O)(=O)NCCN1CCNCC1. The molecular formula is C14H20N4O2S. The van der Waals surface area contributed by atoms with E-state index in [0.717, 1.165) is 26.2 Å². The van der Waals surface area contributed by atoms with Gasteiger partial charge in [-0.2, -0.15) is 5.26 Å². The molecule has 0 saturated carbocycles. The van der Waals surface area contributed by atoms with Crippen LogP contribution in [0.5, 0.6) is 0 Å². The van der Waals surface area contributed by atoms with Gasteiger partial charge in [0.05, 0.1) is 16.5 Å². The smallest absolute Gasteiger partial charge is 0.240 e. The van der Waals surface area contributed by atoms with Gasteiger partial charge in [0.15, 0.2) is 0 Å². The van der Waals surface area contributed by atoms with Crippen LogP contribution in [0.25, 0.3) is 0 Å². The summed E-state index contributed by atoms with van der Waals surface area (Å²) in [7, 11) is -3.52. The molecule has 0 aliphatic carbocycles. The van der Waals surface area contributed by atoms with Crippen LogP contribution in [-0.4, -0.2) is 52.6 Å². The lowest BCUT2D eigenvalue weighted by molar-refractivity contribution is 0.245. The summed E-state index contributed by atoms with van der Waals surface area (Å²) in [5.41, 5.74) is 1.05. The summed E-state index contributed by atoms with van der Waals surface area (Å²) in [5.74, 6) is 0. The molecule has 114 valence electrons. The topological polar surface area (TPSA) is 85.2 Å². The number of benzene rings is 1. The molecule has 1 aliphatic heterocycles. The molecule has 0 aromatic heterocycles. The highest BCUT2D eigenvalue weighted by Gasteiger charge is 2.17. The third-order valence-corrected chi connectivity index (χ3v) is 5.14. The van der Waals surface area contributed by atoms with Crippen LogP contribution in [0, 0.1) is 18.3 Å². The molecule has 0 spiro atoms. The molecule has 0 bridgehead atoms. The van der Waals surface area contributed by atoms with Gasteiger partial charge in [0, 0.05) is 39.3 Å². The standard InChI is InChI=1S/C14H20N4O2S/c1-12-10-13(11-15)2-3-14(12)21(19,20)17-6-9-18-7-4-16-5-8-18/h2-3,10,16-17H,4-9H2,1H3. The van der Waals surface area contributed by atoms with Crippen molar-refractivity contribution in [3.63, 3.8) is 0 Å². The molecule has 0 unspecified atom stereocenters. The summed E-state index contributed by atoms with van der Waals surface area (Å²) >= 11 is 0. The predicted molar refractivity (Wildman–Crippen MR) is 80.4 cm³/mol. The number of hydrogen-bond donors (Lipinski definition) is 2. The van der Waals surface area contributed by atoms with Crippen LogP contribution in [0.15, 0.2) is 23.1 Å². The fraction of sp³-hybridized carbons (Fsp3) is 0.500. The van der Waals surface area contributed by atoms with Crippen molar-refractivity contribution in [3.05, 3.63) is 29.3 Å². The quantitative estimate of drug-likeness (QED) is 0.803. The average Bonchev–Trinajstić information content (AvgIpc) is 2.47. The number of hydrogen-bond acceptors (Lipinski definition) is 5. The maximum absolute atomic E-state index is 12.3. The Morgan fingerprint density at radius 1 is 1.38 bits per heavy atom. The fourth-order valence-corrected chi connectivity index (χ4v) is 3.62. The minimum atomic E-state index is -3.52. The second-order valence-corrected chi connectivity index (χ2v) is 6.82. The highest BCUT2D eigenvalue weighted by Crippen LogP contribution is 2.16. The Hall–Kier alpha value is -1.46. The van der Waals surface area contributed by atoms with Gasteiger partial charge in [-0.05, 0) is 30.7 Å². The lowest BCUT2D eigenvalue weighted by atomic mass is 10.2. The van der Waals surface area contributed by atoms with Gasteiger partial charge in [0.25, 0.3) is 0 Å². The van der Waals surface area contributed by atoms with Crippen LogP contribution in [0.2, 0.25) is 0 Å². The van der Waals surface area contributed by atoms with E-state index in [0.29, 0.717) is 24.2 Å². The van der Waals surface area contributed by atoms with Crippen LogP contribution >= 0.6 is 0 Å². The monoisotopic (exact) mass is 308 g/mol. The number of nitrogens with zero attached hydrogens (tertiary/aromatic N) is 2. The highest BCUT2D eigenvalue weighted by atomic mass is 32.2. The Morgan fingerprint density at radius 2 is 2.10 bits per heavy atom. The number of sulfonamides is 1. The van der Waals surface area contributed by atoms with E-state index in [4.69, 9.17) is 5.26 Å². The Bertz CT molecular complexity index is 631. The molecule has 1 fully saturated rings.